The molecule has 1 amide bonds. The Labute approximate surface area is 141 Å². The van der Waals surface area contributed by atoms with Crippen molar-refractivity contribution in [2.24, 2.45) is 5.92 Å². The van der Waals surface area contributed by atoms with Crippen LogP contribution in [0.4, 0.5) is 5.69 Å². The van der Waals surface area contributed by atoms with Crippen LogP contribution in [0.1, 0.15) is 12.8 Å². The van der Waals surface area contributed by atoms with Crippen molar-refractivity contribution < 1.29 is 17.9 Å². The van der Waals surface area contributed by atoms with Crippen molar-refractivity contribution in [2.45, 2.75) is 12.8 Å². The van der Waals surface area contributed by atoms with Gasteiger partial charge in [-0.25, -0.2) is 8.42 Å². The van der Waals surface area contributed by atoms with Crippen LogP contribution in [0, 0.1) is 5.92 Å². The summed E-state index contributed by atoms with van der Waals surface area (Å²) in [5, 5.41) is 3.16. The minimum atomic E-state index is -3.49. The van der Waals surface area contributed by atoms with Crippen LogP contribution in [0.3, 0.4) is 0 Å². The van der Waals surface area contributed by atoms with Gasteiger partial charge in [-0.1, -0.05) is 23.7 Å². The summed E-state index contributed by atoms with van der Waals surface area (Å²) in [5.41, 5.74) is 0.414. The van der Waals surface area contributed by atoms with Gasteiger partial charge in [0.2, 0.25) is 15.9 Å². The summed E-state index contributed by atoms with van der Waals surface area (Å²) in [7, 11) is -3.49. The Morgan fingerprint density at radius 2 is 2.00 bits per heavy atom. The summed E-state index contributed by atoms with van der Waals surface area (Å²) >= 11 is 6.08. The summed E-state index contributed by atoms with van der Waals surface area (Å²) in [4.78, 5) is 12.1. The molecule has 0 unspecified atom stereocenters. The van der Waals surface area contributed by atoms with Crippen molar-refractivity contribution >= 4 is 33.2 Å². The first-order chi connectivity index (χ1) is 10.9. The lowest BCUT2D eigenvalue weighted by Crippen LogP contribution is -2.41. The molecule has 0 bridgehead atoms. The highest BCUT2D eigenvalue weighted by Gasteiger charge is 2.23. The van der Waals surface area contributed by atoms with Crippen molar-refractivity contribution in [1.29, 1.82) is 0 Å². The highest BCUT2D eigenvalue weighted by atomic mass is 35.5. The second-order valence-corrected chi connectivity index (χ2v) is 7.78. The van der Waals surface area contributed by atoms with Crippen LogP contribution in [0.15, 0.2) is 24.3 Å². The van der Waals surface area contributed by atoms with Gasteiger partial charge in [0.1, 0.15) is 0 Å². The van der Waals surface area contributed by atoms with E-state index in [0.717, 1.165) is 6.26 Å². The van der Waals surface area contributed by atoms with E-state index in [4.69, 9.17) is 16.3 Å². The average molecular weight is 361 g/mol. The fraction of sp³-hybridized carbons (Fsp3) is 0.533. The third-order valence-electron chi connectivity index (χ3n) is 3.73. The molecule has 23 heavy (non-hydrogen) atoms. The van der Waals surface area contributed by atoms with E-state index in [-0.39, 0.29) is 24.9 Å². The number of halogens is 1. The molecule has 1 heterocycles. The number of carbonyl (C=O) groups excluding carboxylic acids is 1. The topological polar surface area (TPSA) is 75.7 Å². The molecule has 0 atom stereocenters. The Bertz CT molecular complexity index is 645. The van der Waals surface area contributed by atoms with Crippen LogP contribution >= 0.6 is 11.6 Å². The van der Waals surface area contributed by atoms with Crippen molar-refractivity contribution in [3.63, 3.8) is 0 Å². The van der Waals surface area contributed by atoms with Gasteiger partial charge in [-0.15, -0.1) is 0 Å². The number of sulfonamides is 1. The number of nitrogens with zero attached hydrogens (tertiary/aromatic N) is 1. The minimum absolute atomic E-state index is 0.0547. The van der Waals surface area contributed by atoms with Gasteiger partial charge in [-0.2, -0.15) is 0 Å². The number of benzene rings is 1. The number of amides is 1. The van der Waals surface area contributed by atoms with Crippen molar-refractivity contribution in [3.05, 3.63) is 29.3 Å². The molecule has 1 aliphatic rings. The smallest absolute Gasteiger partial charge is 0.232 e. The molecule has 1 fully saturated rings. The molecule has 1 N–H and O–H groups in total. The zero-order valence-electron chi connectivity index (χ0n) is 13.0. The lowest BCUT2D eigenvalue weighted by Gasteiger charge is -2.25. The molecule has 0 radical (unpaired) electrons. The SMILES string of the molecule is CS(=O)(=O)N(CCNC(=O)C1CCOCC1)c1ccccc1Cl. The first-order valence-electron chi connectivity index (χ1n) is 7.47. The third kappa shape index (κ3) is 5.09. The zero-order valence-corrected chi connectivity index (χ0v) is 14.6. The molecule has 0 aromatic heterocycles. The van der Waals surface area contributed by atoms with E-state index < -0.39 is 10.0 Å². The Balaban J connectivity index is 1.97. The van der Waals surface area contributed by atoms with Crippen LogP contribution in [0.2, 0.25) is 5.02 Å². The molecule has 1 saturated heterocycles. The van der Waals surface area contributed by atoms with E-state index >= 15 is 0 Å². The number of hydrogen-bond donors (Lipinski definition) is 1. The molecule has 0 spiro atoms. The standard InChI is InChI=1S/C15H21ClN2O4S/c1-23(20,21)18(14-5-3-2-4-13(14)16)9-8-17-15(19)12-6-10-22-11-7-12/h2-5,12H,6-11H2,1H3,(H,17,19). The van der Waals surface area contributed by atoms with Gasteiger partial charge in [0.25, 0.3) is 0 Å². The van der Waals surface area contributed by atoms with Crippen molar-refractivity contribution in [1.82, 2.24) is 5.32 Å². The highest BCUT2D eigenvalue weighted by molar-refractivity contribution is 7.92. The normalized spacial score (nSPS) is 16.1. The third-order valence-corrected chi connectivity index (χ3v) is 5.23. The molecular formula is C15H21ClN2O4S. The van der Waals surface area contributed by atoms with Crippen LogP contribution in [0.25, 0.3) is 0 Å². The summed E-state index contributed by atoms with van der Waals surface area (Å²) < 4.78 is 30.4. The Morgan fingerprint density at radius 1 is 1.35 bits per heavy atom. The molecule has 6 nitrogen and oxygen atoms in total. The summed E-state index contributed by atoms with van der Waals surface area (Å²) in [6.45, 7) is 1.55. The molecule has 1 aliphatic heterocycles. The Hall–Kier alpha value is -1.31. The Morgan fingerprint density at radius 3 is 2.61 bits per heavy atom. The van der Waals surface area contributed by atoms with Gasteiger partial charge in [0.15, 0.2) is 0 Å². The maximum atomic E-state index is 12.1. The fourth-order valence-electron chi connectivity index (χ4n) is 2.50. The van der Waals surface area contributed by atoms with Gasteiger partial charge in [-0.05, 0) is 25.0 Å². The van der Waals surface area contributed by atoms with Gasteiger partial charge in [-0.3, -0.25) is 9.10 Å². The predicted molar refractivity (Wildman–Crippen MR) is 90.2 cm³/mol. The van der Waals surface area contributed by atoms with Gasteiger partial charge in [0.05, 0.1) is 23.5 Å². The van der Waals surface area contributed by atoms with Gasteiger partial charge >= 0.3 is 0 Å². The van der Waals surface area contributed by atoms with Crippen LogP contribution in [-0.4, -0.2) is 46.9 Å². The number of anilines is 1. The van der Waals surface area contributed by atoms with E-state index in [2.05, 4.69) is 5.32 Å². The van der Waals surface area contributed by atoms with E-state index in [9.17, 15) is 13.2 Å². The number of para-hydroxylation sites is 1. The highest BCUT2D eigenvalue weighted by Crippen LogP contribution is 2.26. The first-order valence-corrected chi connectivity index (χ1v) is 9.70. The molecule has 1 aromatic carbocycles. The summed E-state index contributed by atoms with van der Waals surface area (Å²) in [5.74, 6) is -0.114. The molecular weight excluding hydrogens is 340 g/mol. The quantitative estimate of drug-likeness (QED) is 0.837. The molecule has 128 valence electrons. The predicted octanol–water partition coefficient (Wildman–Crippen LogP) is 1.65. The average Bonchev–Trinajstić information content (AvgIpc) is 2.52. The van der Waals surface area contributed by atoms with E-state index in [1.54, 1.807) is 24.3 Å². The molecule has 2 rings (SSSR count). The second-order valence-electron chi connectivity index (χ2n) is 5.46. The lowest BCUT2D eigenvalue weighted by atomic mass is 9.99. The van der Waals surface area contributed by atoms with Crippen molar-refractivity contribution in [2.75, 3.05) is 36.9 Å². The molecule has 1 aromatic rings. The fourth-order valence-corrected chi connectivity index (χ4v) is 3.73. The number of ether oxygens (including phenoxy) is 1. The maximum absolute atomic E-state index is 12.1. The summed E-state index contributed by atoms with van der Waals surface area (Å²) in [6, 6.07) is 6.73. The number of hydrogen-bond acceptors (Lipinski definition) is 4. The van der Waals surface area contributed by atoms with Crippen molar-refractivity contribution in [3.8, 4) is 0 Å². The first kappa shape index (κ1) is 18.0. The van der Waals surface area contributed by atoms with Crippen LogP contribution in [-0.2, 0) is 19.6 Å². The van der Waals surface area contributed by atoms with E-state index in [1.807, 2.05) is 0 Å². The van der Waals surface area contributed by atoms with E-state index in [1.165, 1.54) is 4.31 Å². The minimum Gasteiger partial charge on any atom is -0.381 e. The number of rotatable bonds is 6. The van der Waals surface area contributed by atoms with Crippen LogP contribution in [0.5, 0.6) is 0 Å². The number of carbonyl (C=O) groups is 1. The van der Waals surface area contributed by atoms with Gasteiger partial charge in [0, 0.05) is 25.7 Å². The lowest BCUT2D eigenvalue weighted by molar-refractivity contribution is -0.127. The second kappa shape index (κ2) is 7.99. The monoisotopic (exact) mass is 360 g/mol. The molecule has 0 saturated carbocycles. The molecule has 8 heteroatoms. The molecule has 0 aliphatic carbocycles. The largest absolute Gasteiger partial charge is 0.381 e. The van der Waals surface area contributed by atoms with Crippen LogP contribution < -0.4 is 9.62 Å². The zero-order chi connectivity index (χ0) is 16.9. The van der Waals surface area contributed by atoms with E-state index in [0.29, 0.717) is 36.8 Å². The van der Waals surface area contributed by atoms with Gasteiger partial charge < -0.3 is 10.1 Å². The number of nitrogens with one attached hydrogen (secondary N) is 1. The Kier molecular flexibility index (Phi) is 6.26. The maximum Gasteiger partial charge on any atom is 0.232 e. The summed E-state index contributed by atoms with van der Waals surface area (Å²) in [6.07, 6.45) is 2.52.